The first-order chi connectivity index (χ1) is 4.22. The molecule has 0 radical (unpaired) electrons. The van der Waals surface area contributed by atoms with E-state index in [4.69, 9.17) is 0 Å². The molecular weight excluding hydrogens is 316 g/mol. The van der Waals surface area contributed by atoms with Crippen LogP contribution in [0.5, 0.6) is 0 Å². The first-order valence-electron chi connectivity index (χ1n) is 2.66. The Morgan fingerprint density at radius 2 is 1.89 bits per heavy atom. The Labute approximate surface area is 80.6 Å². The monoisotopic (exact) mass is 322 g/mol. The Kier molecular flexibility index (Phi) is 7.09. The van der Waals surface area contributed by atoms with Gasteiger partial charge < -0.3 is 5.11 Å². The standard InChI is InChI=1S/C5H9Br3O/c6-2-1-5(9)4(8)3-7/h4-5,9H,1-3H2. The molecule has 9 heavy (non-hydrogen) atoms. The number of aliphatic hydroxyl groups is 1. The van der Waals surface area contributed by atoms with Crippen LogP contribution in [0.25, 0.3) is 0 Å². The second-order valence-corrected chi connectivity index (χ2v) is 4.33. The second kappa shape index (κ2) is 6.13. The number of hydrogen-bond acceptors (Lipinski definition) is 1. The summed E-state index contributed by atoms with van der Waals surface area (Å²) in [6, 6.07) is 0. The van der Waals surface area contributed by atoms with Crippen molar-refractivity contribution >= 4 is 47.8 Å². The summed E-state index contributed by atoms with van der Waals surface area (Å²) in [4.78, 5) is 0.176. The van der Waals surface area contributed by atoms with Gasteiger partial charge in [-0.3, -0.25) is 0 Å². The van der Waals surface area contributed by atoms with E-state index >= 15 is 0 Å². The van der Waals surface area contributed by atoms with Gasteiger partial charge in [0.25, 0.3) is 0 Å². The van der Waals surface area contributed by atoms with Crippen molar-refractivity contribution in [2.75, 3.05) is 10.7 Å². The number of rotatable bonds is 4. The third-order valence-electron chi connectivity index (χ3n) is 0.970. The summed E-state index contributed by atoms with van der Waals surface area (Å²) in [6.07, 6.45) is 0.547. The van der Waals surface area contributed by atoms with Crippen molar-refractivity contribution in [1.29, 1.82) is 0 Å². The van der Waals surface area contributed by atoms with Crippen LogP contribution in [0, 0.1) is 0 Å². The average Bonchev–Trinajstić information content (AvgIpc) is 1.87. The number of halogens is 3. The van der Waals surface area contributed by atoms with Crippen molar-refractivity contribution in [2.24, 2.45) is 0 Å². The van der Waals surface area contributed by atoms with Crippen LogP contribution in [0.15, 0.2) is 0 Å². The predicted octanol–water partition coefficient (Wildman–Crippen LogP) is 2.29. The molecule has 0 bridgehead atoms. The Bertz CT molecular complexity index is 69.2. The summed E-state index contributed by atoms with van der Waals surface area (Å²) in [5, 5.41) is 10.9. The third-order valence-corrected chi connectivity index (χ3v) is 3.93. The van der Waals surface area contributed by atoms with Crippen molar-refractivity contribution in [3.8, 4) is 0 Å². The lowest BCUT2D eigenvalue weighted by atomic mass is 10.2. The highest BCUT2D eigenvalue weighted by Gasteiger charge is 2.12. The van der Waals surface area contributed by atoms with Gasteiger partial charge in [0.1, 0.15) is 0 Å². The largest absolute Gasteiger partial charge is 0.392 e. The fourth-order valence-electron chi connectivity index (χ4n) is 0.395. The fourth-order valence-corrected chi connectivity index (χ4v) is 1.56. The molecule has 4 heteroatoms. The van der Waals surface area contributed by atoms with E-state index in [1.54, 1.807) is 0 Å². The molecule has 0 amide bonds. The Balaban J connectivity index is 3.32. The number of hydrogen-bond donors (Lipinski definition) is 1. The lowest BCUT2D eigenvalue weighted by Crippen LogP contribution is -2.21. The summed E-state index contributed by atoms with van der Waals surface area (Å²) in [7, 11) is 0. The van der Waals surface area contributed by atoms with E-state index in [1.807, 2.05) is 0 Å². The molecule has 0 aliphatic heterocycles. The van der Waals surface area contributed by atoms with Crippen LogP contribution in [-0.4, -0.2) is 26.7 Å². The molecule has 0 aliphatic rings. The van der Waals surface area contributed by atoms with E-state index in [9.17, 15) is 5.11 Å². The van der Waals surface area contributed by atoms with Crippen LogP contribution in [0.3, 0.4) is 0 Å². The van der Waals surface area contributed by atoms with Crippen molar-refractivity contribution in [1.82, 2.24) is 0 Å². The number of alkyl halides is 3. The first-order valence-corrected chi connectivity index (χ1v) is 5.82. The molecule has 0 aromatic heterocycles. The van der Waals surface area contributed by atoms with Gasteiger partial charge in [0, 0.05) is 10.7 Å². The molecule has 56 valence electrons. The Morgan fingerprint density at radius 3 is 2.22 bits per heavy atom. The minimum absolute atomic E-state index is 0.176. The maximum Gasteiger partial charge on any atom is 0.0681 e. The van der Waals surface area contributed by atoms with E-state index in [1.165, 1.54) is 0 Å². The van der Waals surface area contributed by atoms with Gasteiger partial charge in [0.2, 0.25) is 0 Å². The van der Waals surface area contributed by atoms with Gasteiger partial charge in [-0.1, -0.05) is 47.8 Å². The molecule has 0 spiro atoms. The third kappa shape index (κ3) is 4.76. The molecule has 0 aromatic rings. The van der Waals surface area contributed by atoms with Gasteiger partial charge in [0.15, 0.2) is 0 Å². The van der Waals surface area contributed by atoms with Crippen LogP contribution in [-0.2, 0) is 0 Å². The highest BCUT2D eigenvalue weighted by atomic mass is 79.9. The van der Waals surface area contributed by atoms with E-state index in [-0.39, 0.29) is 10.9 Å². The summed E-state index contributed by atoms with van der Waals surface area (Å²) in [5.74, 6) is 0. The topological polar surface area (TPSA) is 20.2 Å². The van der Waals surface area contributed by atoms with Gasteiger partial charge in [-0.05, 0) is 6.42 Å². The maximum absolute atomic E-state index is 9.21. The van der Waals surface area contributed by atoms with Crippen LogP contribution >= 0.6 is 47.8 Å². The van der Waals surface area contributed by atoms with Gasteiger partial charge in [-0.15, -0.1) is 0 Å². The van der Waals surface area contributed by atoms with Gasteiger partial charge in [-0.25, -0.2) is 0 Å². The van der Waals surface area contributed by atoms with Crippen molar-refractivity contribution in [3.63, 3.8) is 0 Å². The van der Waals surface area contributed by atoms with Crippen molar-refractivity contribution < 1.29 is 5.11 Å². The highest BCUT2D eigenvalue weighted by Crippen LogP contribution is 2.12. The second-order valence-electron chi connectivity index (χ2n) is 1.72. The highest BCUT2D eigenvalue weighted by molar-refractivity contribution is 9.12. The maximum atomic E-state index is 9.21. The molecule has 2 unspecified atom stereocenters. The molecule has 0 rings (SSSR count). The molecule has 1 nitrogen and oxygen atoms in total. The molecule has 2 atom stereocenters. The molecule has 0 aliphatic carbocycles. The molecular formula is C5H9Br3O. The quantitative estimate of drug-likeness (QED) is 0.787. The summed E-state index contributed by atoms with van der Waals surface area (Å²) in [6.45, 7) is 0. The lowest BCUT2D eigenvalue weighted by Gasteiger charge is -2.12. The van der Waals surface area contributed by atoms with Gasteiger partial charge >= 0.3 is 0 Å². The van der Waals surface area contributed by atoms with Gasteiger partial charge in [0.05, 0.1) is 10.9 Å². The zero-order valence-corrected chi connectivity index (χ0v) is 9.62. The zero-order chi connectivity index (χ0) is 7.28. The smallest absolute Gasteiger partial charge is 0.0681 e. The average molecular weight is 325 g/mol. The zero-order valence-electron chi connectivity index (χ0n) is 4.86. The van der Waals surface area contributed by atoms with E-state index in [0.717, 1.165) is 17.1 Å². The molecule has 0 fully saturated rings. The summed E-state index contributed by atoms with van der Waals surface area (Å²) >= 11 is 9.84. The van der Waals surface area contributed by atoms with E-state index in [0.29, 0.717) is 0 Å². The van der Waals surface area contributed by atoms with Crippen molar-refractivity contribution in [3.05, 3.63) is 0 Å². The molecule has 0 aromatic carbocycles. The van der Waals surface area contributed by atoms with Crippen LogP contribution in [0.2, 0.25) is 0 Å². The predicted molar refractivity (Wildman–Crippen MR) is 50.9 cm³/mol. The Morgan fingerprint density at radius 1 is 1.33 bits per heavy atom. The van der Waals surface area contributed by atoms with Gasteiger partial charge in [-0.2, -0.15) is 0 Å². The molecule has 0 saturated carbocycles. The summed E-state index contributed by atoms with van der Waals surface area (Å²) < 4.78 is 0. The van der Waals surface area contributed by atoms with Crippen molar-refractivity contribution in [2.45, 2.75) is 17.4 Å². The fraction of sp³-hybridized carbons (Fsp3) is 1.00. The Hall–Kier alpha value is 1.40. The summed E-state index contributed by atoms with van der Waals surface area (Å²) in [5.41, 5.74) is 0. The number of aliphatic hydroxyl groups excluding tert-OH is 1. The van der Waals surface area contributed by atoms with Crippen LogP contribution < -0.4 is 0 Å². The normalized spacial score (nSPS) is 17.3. The van der Waals surface area contributed by atoms with Crippen LogP contribution in [0.4, 0.5) is 0 Å². The molecule has 1 N–H and O–H groups in total. The molecule has 0 heterocycles. The van der Waals surface area contributed by atoms with E-state index < -0.39 is 0 Å². The minimum atomic E-state index is -0.247. The minimum Gasteiger partial charge on any atom is -0.392 e. The molecule has 0 saturated heterocycles. The SMILES string of the molecule is OC(CCBr)C(Br)CBr. The van der Waals surface area contributed by atoms with E-state index in [2.05, 4.69) is 47.8 Å². The first kappa shape index (κ1) is 10.4. The van der Waals surface area contributed by atoms with Crippen LogP contribution in [0.1, 0.15) is 6.42 Å². The lowest BCUT2D eigenvalue weighted by molar-refractivity contribution is 0.177.